The lowest BCUT2D eigenvalue weighted by atomic mass is 10.1. The van der Waals surface area contributed by atoms with Crippen LogP contribution in [0.3, 0.4) is 0 Å². The summed E-state index contributed by atoms with van der Waals surface area (Å²) < 4.78 is 4.80. The van der Waals surface area contributed by atoms with E-state index < -0.39 is 16.8 Å². The number of aliphatic hydroxyl groups is 1. The van der Waals surface area contributed by atoms with Crippen molar-refractivity contribution in [1.82, 2.24) is 0 Å². The smallest absolute Gasteiger partial charge is 0.226 e. The van der Waals surface area contributed by atoms with Gasteiger partial charge in [0.15, 0.2) is 5.75 Å². The van der Waals surface area contributed by atoms with Crippen LogP contribution in [0.4, 0.5) is 0 Å². The van der Waals surface area contributed by atoms with Gasteiger partial charge in [-0.15, -0.1) is 0 Å². The number of hydrogen-bond acceptors (Lipinski definition) is 4. The van der Waals surface area contributed by atoms with Crippen LogP contribution in [0.5, 0.6) is 5.75 Å². The van der Waals surface area contributed by atoms with Crippen LogP contribution < -0.4 is 5.43 Å². The Kier molecular flexibility index (Phi) is 1.94. The summed E-state index contributed by atoms with van der Waals surface area (Å²) in [6.45, 7) is 2.98. The summed E-state index contributed by atoms with van der Waals surface area (Å²) in [5.74, 6) is -0.326. The van der Waals surface area contributed by atoms with E-state index in [4.69, 9.17) is 9.52 Å². The normalized spacial score (nSPS) is 11.6. The van der Waals surface area contributed by atoms with E-state index in [2.05, 4.69) is 0 Å². The van der Waals surface area contributed by atoms with Crippen molar-refractivity contribution in [3.63, 3.8) is 0 Å². The van der Waals surface area contributed by atoms with Crippen molar-refractivity contribution in [2.45, 2.75) is 19.4 Å². The van der Waals surface area contributed by atoms with Gasteiger partial charge in [-0.1, -0.05) is 0 Å². The molecule has 1 aromatic heterocycles. The summed E-state index contributed by atoms with van der Waals surface area (Å²) >= 11 is 0. The Morgan fingerprint density at radius 2 is 2.08 bits per heavy atom. The summed E-state index contributed by atoms with van der Waals surface area (Å²) in [6.07, 6.45) is 0.912. The van der Waals surface area contributed by atoms with Crippen LogP contribution in [-0.2, 0) is 5.60 Å². The van der Waals surface area contributed by atoms with Crippen LogP contribution in [0.2, 0.25) is 0 Å². The molecule has 0 spiro atoms. The van der Waals surface area contributed by atoms with E-state index in [0.717, 1.165) is 12.3 Å². The second-order valence-electron chi connectivity index (χ2n) is 3.05. The second-order valence-corrected chi connectivity index (χ2v) is 3.05. The lowest BCUT2D eigenvalue weighted by Crippen LogP contribution is -2.17. The lowest BCUT2D eigenvalue weighted by Gasteiger charge is -2.14. The monoisotopic (exact) mass is 170 g/mol. The fraction of sp³-hybridized carbons (Fsp3) is 0.375. The Morgan fingerprint density at radius 3 is 2.50 bits per heavy atom. The van der Waals surface area contributed by atoms with Gasteiger partial charge in [0.1, 0.15) is 17.6 Å². The molecule has 0 aromatic carbocycles. The van der Waals surface area contributed by atoms with Crippen LogP contribution in [0.15, 0.2) is 21.5 Å². The summed E-state index contributed by atoms with van der Waals surface area (Å²) in [6, 6.07) is 1.06. The minimum absolute atomic E-state index is 0.130. The first kappa shape index (κ1) is 8.80. The van der Waals surface area contributed by atoms with Crippen LogP contribution >= 0.6 is 0 Å². The molecule has 0 radical (unpaired) electrons. The molecule has 4 nitrogen and oxygen atoms in total. The highest BCUT2D eigenvalue weighted by atomic mass is 16.4. The van der Waals surface area contributed by atoms with E-state index in [0.29, 0.717) is 0 Å². The third-order valence-electron chi connectivity index (χ3n) is 1.42. The molecule has 1 aromatic rings. The Morgan fingerprint density at radius 1 is 1.50 bits per heavy atom. The van der Waals surface area contributed by atoms with Crippen LogP contribution in [0.1, 0.15) is 19.6 Å². The van der Waals surface area contributed by atoms with Gasteiger partial charge >= 0.3 is 0 Å². The molecule has 1 rings (SSSR count). The van der Waals surface area contributed by atoms with Gasteiger partial charge in [-0.2, -0.15) is 0 Å². The Bertz CT molecular complexity index is 332. The van der Waals surface area contributed by atoms with Crippen molar-refractivity contribution in [3.05, 3.63) is 28.3 Å². The lowest BCUT2D eigenvalue weighted by molar-refractivity contribution is 0.0517. The first-order chi connectivity index (χ1) is 5.41. The molecule has 0 unspecified atom stereocenters. The summed E-state index contributed by atoms with van der Waals surface area (Å²) in [5, 5.41) is 18.2. The van der Waals surface area contributed by atoms with Crippen molar-refractivity contribution >= 4 is 0 Å². The Balaban J connectivity index is 3.23. The van der Waals surface area contributed by atoms with Gasteiger partial charge in [0.2, 0.25) is 5.43 Å². The molecular formula is C8H10O4. The maximum atomic E-state index is 10.9. The predicted octanol–water partition coefficient (Wildman–Crippen LogP) is 0.573. The van der Waals surface area contributed by atoms with Crippen molar-refractivity contribution in [1.29, 1.82) is 0 Å². The third kappa shape index (κ3) is 1.65. The van der Waals surface area contributed by atoms with E-state index >= 15 is 0 Å². The molecule has 2 N–H and O–H groups in total. The molecular weight excluding hydrogens is 160 g/mol. The second kappa shape index (κ2) is 2.64. The van der Waals surface area contributed by atoms with Crippen LogP contribution in [0.25, 0.3) is 0 Å². The minimum Gasteiger partial charge on any atom is -0.502 e. The zero-order valence-corrected chi connectivity index (χ0v) is 6.87. The first-order valence-corrected chi connectivity index (χ1v) is 3.46. The molecule has 1 heterocycles. The minimum atomic E-state index is -1.20. The highest BCUT2D eigenvalue weighted by Crippen LogP contribution is 2.18. The molecule has 0 aliphatic rings. The van der Waals surface area contributed by atoms with Gasteiger partial charge in [0.05, 0.1) is 0 Å². The van der Waals surface area contributed by atoms with Gasteiger partial charge in [-0.25, -0.2) is 0 Å². The molecule has 66 valence electrons. The van der Waals surface area contributed by atoms with E-state index in [9.17, 15) is 9.90 Å². The van der Waals surface area contributed by atoms with Crippen molar-refractivity contribution in [2.24, 2.45) is 0 Å². The largest absolute Gasteiger partial charge is 0.502 e. The molecule has 0 fully saturated rings. The summed E-state index contributed by atoms with van der Waals surface area (Å²) in [5.41, 5.74) is -1.76. The molecule has 12 heavy (non-hydrogen) atoms. The summed E-state index contributed by atoms with van der Waals surface area (Å²) in [4.78, 5) is 10.9. The van der Waals surface area contributed by atoms with Gasteiger partial charge in [-0.05, 0) is 13.8 Å². The maximum Gasteiger partial charge on any atom is 0.226 e. The molecule has 4 heteroatoms. The average Bonchev–Trinajstić information content (AvgIpc) is 1.92. The molecule has 0 saturated heterocycles. The predicted molar refractivity (Wildman–Crippen MR) is 41.9 cm³/mol. The van der Waals surface area contributed by atoms with Gasteiger partial charge in [-0.3, -0.25) is 4.79 Å². The number of aromatic hydroxyl groups is 1. The molecule has 0 amide bonds. The summed E-state index contributed by atoms with van der Waals surface area (Å²) in [7, 11) is 0. The average molecular weight is 170 g/mol. The van der Waals surface area contributed by atoms with Gasteiger partial charge < -0.3 is 14.6 Å². The zero-order chi connectivity index (χ0) is 9.35. The molecule has 0 aliphatic heterocycles. The van der Waals surface area contributed by atoms with E-state index in [1.165, 1.54) is 13.8 Å². The topological polar surface area (TPSA) is 70.7 Å². The van der Waals surface area contributed by atoms with Crippen molar-refractivity contribution in [2.75, 3.05) is 0 Å². The quantitative estimate of drug-likeness (QED) is 0.646. The van der Waals surface area contributed by atoms with E-state index in [-0.39, 0.29) is 5.76 Å². The SMILES string of the molecule is CC(C)(O)c1cc(=O)c(O)co1. The van der Waals surface area contributed by atoms with Crippen molar-refractivity contribution < 1.29 is 14.6 Å². The third-order valence-corrected chi connectivity index (χ3v) is 1.42. The molecule has 0 atom stereocenters. The van der Waals surface area contributed by atoms with Gasteiger partial charge in [0.25, 0.3) is 0 Å². The highest BCUT2D eigenvalue weighted by Gasteiger charge is 2.19. The standard InChI is InChI=1S/C8H10O4/c1-8(2,11)7-3-5(9)6(10)4-12-7/h3-4,10-11H,1-2H3. The fourth-order valence-electron chi connectivity index (χ4n) is 0.725. The van der Waals surface area contributed by atoms with E-state index in [1.807, 2.05) is 0 Å². The highest BCUT2D eigenvalue weighted by molar-refractivity contribution is 5.17. The van der Waals surface area contributed by atoms with Crippen molar-refractivity contribution in [3.8, 4) is 5.75 Å². The van der Waals surface area contributed by atoms with Crippen LogP contribution in [-0.4, -0.2) is 10.2 Å². The van der Waals surface area contributed by atoms with Gasteiger partial charge in [0, 0.05) is 6.07 Å². The fourth-order valence-corrected chi connectivity index (χ4v) is 0.725. The molecule has 0 aliphatic carbocycles. The zero-order valence-electron chi connectivity index (χ0n) is 6.87. The number of hydrogen-bond donors (Lipinski definition) is 2. The molecule has 0 bridgehead atoms. The first-order valence-electron chi connectivity index (χ1n) is 3.46. The Labute approximate surface area is 69.1 Å². The maximum absolute atomic E-state index is 10.9. The van der Waals surface area contributed by atoms with E-state index in [1.54, 1.807) is 0 Å². The number of rotatable bonds is 1. The van der Waals surface area contributed by atoms with Crippen LogP contribution in [0, 0.1) is 0 Å². The molecule has 0 saturated carbocycles. The Hall–Kier alpha value is -1.29.